The van der Waals surface area contributed by atoms with Crippen molar-refractivity contribution in [2.75, 3.05) is 13.2 Å². The molecule has 0 aliphatic rings. The van der Waals surface area contributed by atoms with Crippen molar-refractivity contribution in [2.24, 2.45) is 0 Å². The lowest BCUT2D eigenvalue weighted by molar-refractivity contribution is -0.143. The average molecular weight is 1030 g/mol. The minimum Gasteiger partial charge on any atom is -0.466 e. The molecule has 0 heterocycles. The van der Waals surface area contributed by atoms with Gasteiger partial charge in [0.05, 0.1) is 25.4 Å². The average Bonchev–Trinajstić information content (AvgIpc) is 3.39. The van der Waals surface area contributed by atoms with Gasteiger partial charge in [0.25, 0.3) is 0 Å². The standard InChI is InChI=1S/C67H127NO5/c1-3-5-7-9-11-13-15-17-19-20-21-22-23-24-25-26-27-28-32-35-39-43-47-51-55-59-65(70)64(63-69)68-66(71)60-56-52-48-44-40-36-33-29-30-34-38-42-46-50-54-58-62-73-67(72)61-57-53-49-45-41-37-31-18-16-14-12-10-8-6-4-2/h18,29,31,33,55,59,64-65,69-70H,3-17,19-28,30,32,34-54,56-58,60-63H2,1-2H3,(H,68,71)/b31-18-,33-29-,59-55+. The van der Waals surface area contributed by atoms with Crippen LogP contribution in [0.25, 0.3) is 0 Å². The molecule has 6 heteroatoms. The number of esters is 1. The minimum absolute atomic E-state index is 0.0112. The fourth-order valence-electron chi connectivity index (χ4n) is 10.1. The van der Waals surface area contributed by atoms with E-state index in [9.17, 15) is 19.8 Å². The Morgan fingerprint density at radius 2 is 0.644 bits per heavy atom. The quantitative estimate of drug-likeness (QED) is 0.0320. The van der Waals surface area contributed by atoms with Gasteiger partial charge in [-0.1, -0.05) is 294 Å². The van der Waals surface area contributed by atoms with Crippen molar-refractivity contribution in [3.8, 4) is 0 Å². The number of hydrogen-bond donors (Lipinski definition) is 3. The number of carbonyl (C=O) groups is 2. The van der Waals surface area contributed by atoms with Crippen molar-refractivity contribution in [2.45, 2.75) is 366 Å². The van der Waals surface area contributed by atoms with Crippen molar-refractivity contribution < 1.29 is 24.5 Å². The summed E-state index contributed by atoms with van der Waals surface area (Å²) in [4.78, 5) is 24.6. The fourth-order valence-corrected chi connectivity index (χ4v) is 10.1. The molecule has 6 nitrogen and oxygen atoms in total. The highest BCUT2D eigenvalue weighted by Crippen LogP contribution is 2.17. The van der Waals surface area contributed by atoms with Gasteiger partial charge in [0, 0.05) is 12.8 Å². The lowest BCUT2D eigenvalue weighted by atomic mass is 10.0. The fraction of sp³-hybridized carbons (Fsp3) is 0.881. The second-order valence-electron chi connectivity index (χ2n) is 22.4. The van der Waals surface area contributed by atoms with Crippen LogP contribution < -0.4 is 5.32 Å². The largest absolute Gasteiger partial charge is 0.466 e. The summed E-state index contributed by atoms with van der Waals surface area (Å²) in [5.41, 5.74) is 0. The van der Waals surface area contributed by atoms with Crippen LogP contribution in [0.5, 0.6) is 0 Å². The van der Waals surface area contributed by atoms with E-state index in [0.717, 1.165) is 64.2 Å². The third-order valence-electron chi connectivity index (χ3n) is 15.1. The van der Waals surface area contributed by atoms with Gasteiger partial charge in [0.15, 0.2) is 0 Å². The molecule has 430 valence electrons. The number of allylic oxidation sites excluding steroid dienone is 5. The summed E-state index contributed by atoms with van der Waals surface area (Å²) >= 11 is 0. The molecule has 0 rings (SSSR count). The Hall–Kier alpha value is -1.92. The number of unbranched alkanes of at least 4 members (excludes halogenated alkanes) is 46. The highest BCUT2D eigenvalue weighted by atomic mass is 16.5. The molecule has 0 aromatic rings. The van der Waals surface area contributed by atoms with Crippen molar-refractivity contribution >= 4 is 11.9 Å². The lowest BCUT2D eigenvalue weighted by Crippen LogP contribution is -2.45. The molecular formula is C67H127NO5. The summed E-state index contributed by atoms with van der Waals surface area (Å²) in [5, 5.41) is 23.2. The second-order valence-corrected chi connectivity index (χ2v) is 22.4. The van der Waals surface area contributed by atoms with Crippen LogP contribution in [-0.4, -0.2) is 47.4 Å². The molecule has 0 radical (unpaired) electrons. The minimum atomic E-state index is -0.857. The smallest absolute Gasteiger partial charge is 0.305 e. The Kier molecular flexibility index (Phi) is 61.0. The van der Waals surface area contributed by atoms with Crippen LogP contribution in [0.15, 0.2) is 36.5 Å². The Bertz CT molecular complexity index is 1180. The van der Waals surface area contributed by atoms with Crippen molar-refractivity contribution in [3.63, 3.8) is 0 Å². The van der Waals surface area contributed by atoms with E-state index >= 15 is 0 Å². The zero-order valence-electron chi connectivity index (χ0n) is 49.1. The first-order valence-electron chi connectivity index (χ1n) is 32.8. The first kappa shape index (κ1) is 71.1. The van der Waals surface area contributed by atoms with Crippen molar-refractivity contribution in [1.82, 2.24) is 5.32 Å². The maximum atomic E-state index is 12.5. The first-order valence-corrected chi connectivity index (χ1v) is 32.8. The van der Waals surface area contributed by atoms with E-state index in [-0.39, 0.29) is 18.5 Å². The van der Waals surface area contributed by atoms with Gasteiger partial charge in [-0.3, -0.25) is 9.59 Å². The highest BCUT2D eigenvalue weighted by Gasteiger charge is 2.18. The van der Waals surface area contributed by atoms with Gasteiger partial charge in [0.1, 0.15) is 0 Å². The predicted octanol–water partition coefficient (Wildman–Crippen LogP) is 20.8. The molecule has 0 bridgehead atoms. The number of nitrogens with one attached hydrogen (secondary N) is 1. The summed E-state index contributed by atoms with van der Waals surface area (Å²) < 4.78 is 5.47. The number of aliphatic hydroxyl groups is 2. The van der Waals surface area contributed by atoms with Crippen molar-refractivity contribution in [3.05, 3.63) is 36.5 Å². The molecule has 73 heavy (non-hydrogen) atoms. The van der Waals surface area contributed by atoms with Gasteiger partial charge in [-0.15, -0.1) is 0 Å². The molecule has 0 saturated heterocycles. The Morgan fingerprint density at radius 3 is 0.973 bits per heavy atom. The van der Waals surface area contributed by atoms with Gasteiger partial charge in [-0.2, -0.15) is 0 Å². The molecule has 2 unspecified atom stereocenters. The highest BCUT2D eigenvalue weighted by molar-refractivity contribution is 5.76. The molecule has 0 aliphatic carbocycles. The lowest BCUT2D eigenvalue weighted by Gasteiger charge is -2.20. The summed E-state index contributed by atoms with van der Waals surface area (Å²) in [6, 6.07) is -0.642. The molecule has 3 N–H and O–H groups in total. The summed E-state index contributed by atoms with van der Waals surface area (Å²) in [6.07, 6.45) is 79.1. The number of amides is 1. The number of aliphatic hydroxyl groups excluding tert-OH is 2. The van der Waals surface area contributed by atoms with E-state index in [4.69, 9.17) is 4.74 Å². The maximum Gasteiger partial charge on any atom is 0.305 e. The Balaban J connectivity index is 3.49. The van der Waals surface area contributed by atoms with E-state index in [1.807, 2.05) is 6.08 Å². The van der Waals surface area contributed by atoms with E-state index < -0.39 is 12.1 Å². The number of hydrogen-bond acceptors (Lipinski definition) is 5. The van der Waals surface area contributed by atoms with Crippen LogP contribution in [0.3, 0.4) is 0 Å². The Morgan fingerprint density at radius 1 is 0.370 bits per heavy atom. The van der Waals surface area contributed by atoms with Gasteiger partial charge in [-0.25, -0.2) is 0 Å². The Labute approximate surface area is 455 Å². The van der Waals surface area contributed by atoms with E-state index in [2.05, 4.69) is 43.5 Å². The molecule has 1 amide bonds. The molecule has 0 aliphatic heterocycles. The molecule has 0 aromatic carbocycles. The van der Waals surface area contributed by atoms with Crippen LogP contribution in [0, 0.1) is 0 Å². The third-order valence-corrected chi connectivity index (χ3v) is 15.1. The predicted molar refractivity (Wildman–Crippen MR) is 319 cm³/mol. The molecule has 0 spiro atoms. The molecule has 2 atom stereocenters. The molecular weight excluding hydrogens is 899 g/mol. The summed E-state index contributed by atoms with van der Waals surface area (Å²) in [6.45, 7) is 4.89. The number of ether oxygens (including phenoxy) is 1. The normalized spacial score (nSPS) is 12.8. The van der Waals surface area contributed by atoms with Gasteiger partial charge < -0.3 is 20.3 Å². The van der Waals surface area contributed by atoms with Crippen LogP contribution in [0.2, 0.25) is 0 Å². The van der Waals surface area contributed by atoms with E-state index in [1.54, 1.807) is 6.08 Å². The van der Waals surface area contributed by atoms with Crippen molar-refractivity contribution in [1.29, 1.82) is 0 Å². The first-order chi connectivity index (χ1) is 36.0. The summed E-state index contributed by atoms with van der Waals surface area (Å²) in [5.74, 6) is -0.0933. The second kappa shape index (κ2) is 62.6. The van der Waals surface area contributed by atoms with Gasteiger partial charge in [0.2, 0.25) is 5.91 Å². The van der Waals surface area contributed by atoms with Gasteiger partial charge >= 0.3 is 5.97 Å². The van der Waals surface area contributed by atoms with Gasteiger partial charge in [-0.05, 0) is 83.5 Å². The van der Waals surface area contributed by atoms with E-state index in [1.165, 1.54) is 263 Å². The van der Waals surface area contributed by atoms with Crippen LogP contribution in [0.1, 0.15) is 354 Å². The van der Waals surface area contributed by atoms with Crippen LogP contribution >= 0.6 is 0 Å². The van der Waals surface area contributed by atoms with Crippen LogP contribution in [-0.2, 0) is 14.3 Å². The molecule has 0 fully saturated rings. The van der Waals surface area contributed by atoms with E-state index in [0.29, 0.717) is 19.4 Å². The SMILES string of the molecule is CCCCCCCC/C=C\CCCCCCCC(=O)OCCCCCCCCC/C=C\CCCCCCCC(=O)NC(CO)C(O)/C=C/CCCCCCCCCCCCCCCCCCCCCCCCC. The zero-order valence-corrected chi connectivity index (χ0v) is 49.1. The molecule has 0 saturated carbocycles. The summed E-state index contributed by atoms with van der Waals surface area (Å²) in [7, 11) is 0. The maximum absolute atomic E-state index is 12.5. The number of carbonyl (C=O) groups excluding carboxylic acids is 2. The van der Waals surface area contributed by atoms with Crippen LogP contribution in [0.4, 0.5) is 0 Å². The zero-order chi connectivity index (χ0) is 52.9. The molecule has 0 aromatic heterocycles. The third kappa shape index (κ3) is 59.2. The topological polar surface area (TPSA) is 95.9 Å². The number of rotatable bonds is 61. The monoisotopic (exact) mass is 1030 g/mol.